The highest BCUT2D eigenvalue weighted by atomic mass is 32.1. The van der Waals surface area contributed by atoms with E-state index in [0.717, 1.165) is 24.1 Å². The summed E-state index contributed by atoms with van der Waals surface area (Å²) >= 11 is 4.35. The highest BCUT2D eigenvalue weighted by molar-refractivity contribution is 7.80. The second-order valence-electron chi connectivity index (χ2n) is 8.02. The molecule has 170 valence electrons. The van der Waals surface area contributed by atoms with Gasteiger partial charge >= 0.3 is 6.09 Å². The summed E-state index contributed by atoms with van der Waals surface area (Å²) in [5, 5.41) is 9.18. The number of hydrogen-bond acceptors (Lipinski definition) is 6. The molecule has 0 saturated carbocycles. The molecule has 2 atom stereocenters. The van der Waals surface area contributed by atoms with Gasteiger partial charge in [-0.25, -0.2) is 4.79 Å². The summed E-state index contributed by atoms with van der Waals surface area (Å²) in [6, 6.07) is 18.1. The quantitative estimate of drug-likeness (QED) is 0.410. The summed E-state index contributed by atoms with van der Waals surface area (Å²) in [5.41, 5.74) is 2.33. The minimum Gasteiger partial charge on any atom is -0.442 e. The molecule has 2 heterocycles. The van der Waals surface area contributed by atoms with E-state index in [1.165, 1.54) is 0 Å². The summed E-state index contributed by atoms with van der Waals surface area (Å²) in [5.74, 6) is -0.235. The molecule has 1 fully saturated rings. The lowest BCUT2D eigenvalue weighted by Crippen LogP contribution is -2.47. The third-order valence-corrected chi connectivity index (χ3v) is 6.18. The number of alkyl carbamates (subject to hydrolysis) is 1. The molecule has 0 bridgehead atoms. The van der Waals surface area contributed by atoms with Crippen LogP contribution in [0.3, 0.4) is 0 Å². The first-order chi connectivity index (χ1) is 16.0. The highest BCUT2D eigenvalue weighted by Crippen LogP contribution is 2.28. The molecule has 8 heteroatoms. The topological polar surface area (TPSA) is 92.3 Å². The smallest absolute Gasteiger partial charge is 0.408 e. The molecule has 3 N–H and O–H groups in total. The Balaban J connectivity index is 1.38. The van der Waals surface area contributed by atoms with E-state index in [2.05, 4.69) is 33.6 Å². The van der Waals surface area contributed by atoms with Gasteiger partial charge in [0.25, 0.3) is 5.91 Å². The fourth-order valence-electron chi connectivity index (χ4n) is 3.90. The first kappa shape index (κ1) is 22.8. The number of nitrogens with zero attached hydrogens (tertiary/aromatic N) is 1. The van der Waals surface area contributed by atoms with E-state index in [0.29, 0.717) is 22.7 Å². The third-order valence-electron chi connectivity index (χ3n) is 5.79. The molecular weight excluding hydrogens is 436 g/mol. The fourth-order valence-corrected chi connectivity index (χ4v) is 4.11. The number of aromatic nitrogens is 1. The molecule has 1 aromatic heterocycles. The first-order valence-corrected chi connectivity index (χ1v) is 11.2. The number of rotatable bonds is 6. The van der Waals surface area contributed by atoms with E-state index in [1.807, 2.05) is 30.3 Å². The van der Waals surface area contributed by atoms with Crippen molar-refractivity contribution in [1.29, 1.82) is 0 Å². The van der Waals surface area contributed by atoms with Gasteiger partial charge in [0.2, 0.25) is 0 Å². The second-order valence-corrected chi connectivity index (χ2v) is 8.50. The molecule has 3 aromatic rings. The number of hydrogen-bond donors (Lipinski definition) is 4. The van der Waals surface area contributed by atoms with Gasteiger partial charge in [-0.2, -0.15) is 0 Å². The van der Waals surface area contributed by atoms with Crippen molar-refractivity contribution in [2.24, 2.45) is 0 Å². The number of pyridine rings is 1. The van der Waals surface area contributed by atoms with Crippen molar-refractivity contribution >= 4 is 30.3 Å². The van der Waals surface area contributed by atoms with Crippen molar-refractivity contribution < 1.29 is 14.3 Å². The molecular formula is C25H26N4O3S. The highest BCUT2D eigenvalue weighted by Gasteiger charge is 2.38. The van der Waals surface area contributed by atoms with Crippen LogP contribution in [-0.4, -0.2) is 30.1 Å². The molecule has 33 heavy (non-hydrogen) atoms. The number of carbonyl (C=O) groups excluding carboxylic acids is 2. The van der Waals surface area contributed by atoms with Crippen LogP contribution in [0.25, 0.3) is 0 Å². The Bertz CT molecular complexity index is 1120. The lowest BCUT2D eigenvalue weighted by Gasteiger charge is -2.30. The molecule has 2 amide bonds. The van der Waals surface area contributed by atoms with Gasteiger partial charge in [0, 0.05) is 29.4 Å². The van der Waals surface area contributed by atoms with Crippen molar-refractivity contribution in [3.8, 4) is 0 Å². The Labute approximate surface area is 198 Å². The average molecular weight is 463 g/mol. The van der Waals surface area contributed by atoms with Gasteiger partial charge < -0.3 is 20.7 Å². The van der Waals surface area contributed by atoms with Crippen LogP contribution in [0.2, 0.25) is 0 Å². The van der Waals surface area contributed by atoms with Gasteiger partial charge in [-0.1, -0.05) is 30.3 Å². The van der Waals surface area contributed by atoms with Gasteiger partial charge in [-0.15, -0.1) is 12.6 Å². The van der Waals surface area contributed by atoms with Gasteiger partial charge in [0.1, 0.15) is 6.10 Å². The molecule has 4 rings (SSSR count). The van der Waals surface area contributed by atoms with Crippen molar-refractivity contribution in [3.05, 3.63) is 89.7 Å². The fraction of sp³-hybridized carbons (Fsp3) is 0.240. The standard InChI is InChI=1S/C25H26N4O3S/c1-17(32-24(31)29-25(12-14-27-16-25)20-5-4-13-26-15-20)18-8-10-19(11-9-18)23(30)28-21-6-2-3-7-22(21)33/h2-11,13,15,17,27,33H,12,14,16H2,1H3,(H,28,30)(H,29,31)/t17-,25-/m0/s1. The number of nitrogens with one attached hydrogen (secondary N) is 3. The minimum absolute atomic E-state index is 0.235. The third kappa shape index (κ3) is 5.35. The minimum atomic E-state index is -0.545. The Hall–Kier alpha value is -3.36. The van der Waals surface area contributed by atoms with Crippen LogP contribution in [-0.2, 0) is 10.3 Å². The molecule has 1 aliphatic heterocycles. The molecule has 0 aliphatic carbocycles. The van der Waals surface area contributed by atoms with Crippen LogP contribution < -0.4 is 16.0 Å². The van der Waals surface area contributed by atoms with Crippen LogP contribution in [0.4, 0.5) is 10.5 Å². The molecule has 0 spiro atoms. The predicted molar refractivity (Wildman–Crippen MR) is 130 cm³/mol. The Kier molecular flexibility index (Phi) is 6.96. The lowest BCUT2D eigenvalue weighted by atomic mass is 9.90. The van der Waals surface area contributed by atoms with Crippen molar-refractivity contribution in [3.63, 3.8) is 0 Å². The van der Waals surface area contributed by atoms with Crippen LogP contribution >= 0.6 is 12.6 Å². The number of ether oxygens (including phenoxy) is 1. The maximum absolute atomic E-state index is 12.7. The van der Waals surface area contributed by atoms with Crippen molar-refractivity contribution in [2.75, 3.05) is 18.4 Å². The van der Waals surface area contributed by atoms with E-state index >= 15 is 0 Å². The summed E-state index contributed by atoms with van der Waals surface area (Å²) < 4.78 is 5.65. The van der Waals surface area contributed by atoms with E-state index in [-0.39, 0.29) is 5.91 Å². The lowest BCUT2D eigenvalue weighted by molar-refractivity contribution is 0.0965. The van der Waals surface area contributed by atoms with Crippen molar-refractivity contribution in [2.45, 2.75) is 29.9 Å². The number of carbonyl (C=O) groups is 2. The van der Waals surface area contributed by atoms with Gasteiger partial charge in [-0.3, -0.25) is 9.78 Å². The Morgan fingerprint density at radius 3 is 2.58 bits per heavy atom. The van der Waals surface area contributed by atoms with Crippen LogP contribution in [0, 0.1) is 0 Å². The molecule has 0 radical (unpaired) electrons. The number of thiol groups is 1. The molecule has 1 aliphatic rings. The number of amides is 2. The van der Waals surface area contributed by atoms with Crippen molar-refractivity contribution in [1.82, 2.24) is 15.6 Å². The number of para-hydroxylation sites is 1. The van der Waals surface area contributed by atoms with Gasteiger partial charge in [-0.05, 0) is 61.3 Å². The van der Waals surface area contributed by atoms with E-state index in [1.54, 1.807) is 49.6 Å². The molecule has 1 saturated heterocycles. The monoisotopic (exact) mass is 462 g/mol. The Morgan fingerprint density at radius 2 is 1.91 bits per heavy atom. The summed E-state index contributed by atoms with van der Waals surface area (Å²) in [7, 11) is 0. The SMILES string of the molecule is C[C@H](OC(=O)N[C@@]1(c2cccnc2)CCNC1)c1ccc(C(=O)Nc2ccccc2S)cc1. The zero-order valence-electron chi connectivity index (χ0n) is 18.2. The van der Waals surface area contributed by atoms with Crippen LogP contribution in [0.15, 0.2) is 78.0 Å². The predicted octanol–water partition coefficient (Wildman–Crippen LogP) is 4.30. The normalized spacial score (nSPS) is 18.4. The summed E-state index contributed by atoms with van der Waals surface area (Å²) in [6.07, 6.45) is 3.25. The largest absolute Gasteiger partial charge is 0.442 e. The zero-order valence-corrected chi connectivity index (χ0v) is 19.1. The first-order valence-electron chi connectivity index (χ1n) is 10.8. The van der Waals surface area contributed by atoms with Gasteiger partial charge in [0.05, 0.1) is 11.2 Å². The molecule has 2 aromatic carbocycles. The van der Waals surface area contributed by atoms with Crippen LogP contribution in [0.5, 0.6) is 0 Å². The maximum atomic E-state index is 12.7. The summed E-state index contributed by atoms with van der Waals surface area (Å²) in [6.45, 7) is 3.21. The van der Waals surface area contributed by atoms with E-state index in [9.17, 15) is 9.59 Å². The Morgan fingerprint density at radius 1 is 1.12 bits per heavy atom. The van der Waals surface area contributed by atoms with Gasteiger partial charge in [0.15, 0.2) is 0 Å². The average Bonchev–Trinajstić information content (AvgIpc) is 3.30. The second kappa shape index (κ2) is 10.1. The molecule has 0 unspecified atom stereocenters. The summed E-state index contributed by atoms with van der Waals surface area (Å²) in [4.78, 5) is 30.1. The van der Waals surface area contributed by atoms with E-state index in [4.69, 9.17) is 4.74 Å². The van der Waals surface area contributed by atoms with Crippen LogP contribution in [0.1, 0.15) is 40.9 Å². The molecule has 7 nitrogen and oxygen atoms in total. The number of anilines is 1. The number of benzene rings is 2. The maximum Gasteiger partial charge on any atom is 0.408 e. The van der Waals surface area contributed by atoms with E-state index < -0.39 is 17.7 Å². The zero-order chi connectivity index (χ0) is 23.3.